The summed E-state index contributed by atoms with van der Waals surface area (Å²) in [6.45, 7) is 4.34. The molecule has 0 radical (unpaired) electrons. The van der Waals surface area contributed by atoms with Crippen molar-refractivity contribution in [2.75, 3.05) is 0 Å². The molecule has 8 nitrogen and oxygen atoms in total. The fourth-order valence-corrected chi connectivity index (χ4v) is 2.21. The normalized spacial score (nSPS) is 16.2. The van der Waals surface area contributed by atoms with E-state index in [0.717, 1.165) is 0 Å². The summed E-state index contributed by atoms with van der Waals surface area (Å²) in [6, 6.07) is -3.64. The van der Waals surface area contributed by atoms with E-state index >= 15 is 0 Å². The van der Waals surface area contributed by atoms with Gasteiger partial charge >= 0.3 is 0 Å². The van der Waals surface area contributed by atoms with E-state index in [1.807, 2.05) is 0 Å². The molecule has 0 heterocycles. The quantitative estimate of drug-likeness (QED) is 0.274. The summed E-state index contributed by atoms with van der Waals surface area (Å²) >= 11 is 0. The monoisotopic (exact) mass is 340 g/mol. The van der Waals surface area contributed by atoms with Gasteiger partial charge in [-0.2, -0.15) is 16.8 Å². The van der Waals surface area contributed by atoms with Crippen molar-refractivity contribution < 1.29 is 34.8 Å². The van der Waals surface area contributed by atoms with Crippen molar-refractivity contribution in [2.24, 2.45) is 0 Å². The molecule has 0 aliphatic heterocycles. The Kier molecular flexibility index (Phi) is 3.37. The van der Waals surface area contributed by atoms with Crippen molar-refractivity contribution in [2.45, 2.75) is 36.1 Å². The molecule has 0 aliphatic rings. The molecule has 0 saturated heterocycles. The number of hydroxylamine groups is 1. The molecule has 2 N–H and O–H groups in total. The van der Waals surface area contributed by atoms with Gasteiger partial charge in [-0.1, -0.05) is 0 Å². The highest BCUT2D eigenvalue weighted by molar-refractivity contribution is 7.86. The molecule has 1 rings (SSSR count). The van der Waals surface area contributed by atoms with Gasteiger partial charge in [0.05, 0.1) is 14.6 Å². The second-order valence-electron chi connectivity index (χ2n) is 5.02. The highest BCUT2D eigenvalue weighted by atomic mass is 32.2. The maximum Gasteiger partial charge on any atom is 0.295 e. The largest absolute Gasteiger partial charge is 0.623 e. The first-order valence-corrected chi connectivity index (χ1v) is 8.27. The topological polar surface area (TPSA) is 135 Å². The van der Waals surface area contributed by atoms with Gasteiger partial charge in [-0.05, 0) is 18.1 Å². The summed E-state index contributed by atoms with van der Waals surface area (Å²) in [7, 11) is -10.5. The van der Waals surface area contributed by atoms with E-state index in [1.165, 1.54) is 20.8 Å². The van der Waals surface area contributed by atoms with Crippen LogP contribution in [0.15, 0.2) is 27.9 Å². The molecular formula is C11H15NO7S2. The molecule has 0 aliphatic carbocycles. The van der Waals surface area contributed by atoms with E-state index in [-0.39, 0.29) is 4.74 Å². The smallest absolute Gasteiger partial charge is 0.295 e. The van der Waals surface area contributed by atoms with Gasteiger partial charge in [0.1, 0.15) is 4.90 Å². The fourth-order valence-electron chi connectivity index (χ4n) is 1.12. The maximum atomic E-state index is 12.0. The van der Waals surface area contributed by atoms with Gasteiger partial charge in [-0.15, -0.1) is 0 Å². The number of nitrogens with zero attached hydrogens (tertiary/aromatic N) is 1. The Labute approximate surface area is 127 Å². The molecule has 0 amide bonds. The van der Waals surface area contributed by atoms with Crippen molar-refractivity contribution in [3.05, 3.63) is 28.9 Å². The Morgan fingerprint density at radius 2 is 1.71 bits per heavy atom. The van der Waals surface area contributed by atoms with Crippen LogP contribution in [0.25, 0.3) is 0 Å². The Balaban J connectivity index is 4.15. The molecule has 0 fully saturated rings. The summed E-state index contributed by atoms with van der Waals surface area (Å²) in [5.41, 5.74) is -1.92. The van der Waals surface area contributed by atoms with E-state index in [9.17, 15) is 26.6 Å². The molecule has 1 aromatic rings. The molecule has 0 saturated carbocycles. The van der Waals surface area contributed by atoms with Crippen molar-refractivity contribution in [1.82, 2.24) is 0 Å². The maximum absolute atomic E-state index is 12.0. The summed E-state index contributed by atoms with van der Waals surface area (Å²) in [4.78, 5) is -2.81. The zero-order valence-electron chi connectivity index (χ0n) is 14.3. The summed E-state index contributed by atoms with van der Waals surface area (Å²) in [5.74, 6) is 0. The van der Waals surface area contributed by atoms with Gasteiger partial charge in [-0.3, -0.25) is 9.11 Å². The Hall–Kier alpha value is -1.49. The van der Waals surface area contributed by atoms with Gasteiger partial charge in [0, 0.05) is 20.8 Å². The minimum Gasteiger partial charge on any atom is -0.623 e. The van der Waals surface area contributed by atoms with Crippen molar-refractivity contribution in [1.29, 1.82) is 0 Å². The molecule has 0 aromatic heterocycles. The molecule has 10 heteroatoms. The molecule has 0 unspecified atom stereocenters. The SMILES string of the molecule is [2H]c1c([2H])c(S(=O)(=O)O)c([2H])c(S(=O)(=O)O)c1/C=[N+](\[O-])C(C)(C)C. The molecule has 1 aromatic carbocycles. The van der Waals surface area contributed by atoms with Crippen LogP contribution in [-0.4, -0.2) is 42.4 Å². The predicted octanol–water partition coefficient (Wildman–Crippen LogP) is 0.908. The standard InChI is InChI=1S/C11H15NO7S2/c1-11(2,3)12(13)7-8-4-5-9(20(14,15)16)6-10(8)21(17,18)19/h4-7H,1-3H3,(H,14,15,16)(H,17,18,19)/b12-7-/i4D,5D,6D. The summed E-state index contributed by atoms with van der Waals surface area (Å²) < 4.78 is 87.0. The first kappa shape index (κ1) is 13.2. The number of hydrogen-bond acceptors (Lipinski definition) is 5. The average molecular weight is 340 g/mol. The lowest BCUT2D eigenvalue weighted by atomic mass is 10.1. The number of hydrogen-bond donors (Lipinski definition) is 2. The molecule has 118 valence electrons. The first-order valence-electron chi connectivity index (χ1n) is 6.89. The van der Waals surface area contributed by atoms with Crippen LogP contribution in [-0.2, 0) is 20.2 Å². The van der Waals surface area contributed by atoms with Gasteiger partial charge in [0.2, 0.25) is 0 Å². The van der Waals surface area contributed by atoms with Crippen LogP contribution in [0, 0.1) is 5.21 Å². The van der Waals surface area contributed by atoms with Crippen LogP contribution in [0.3, 0.4) is 0 Å². The minimum absolute atomic E-state index is 0.223. The molecule has 0 spiro atoms. The van der Waals surface area contributed by atoms with Crippen LogP contribution >= 0.6 is 0 Å². The first-order chi connectivity index (χ1) is 10.5. The van der Waals surface area contributed by atoms with Gasteiger partial charge in [0.25, 0.3) is 20.2 Å². The summed E-state index contributed by atoms with van der Waals surface area (Å²) in [6.07, 6.45) is 0.565. The van der Waals surface area contributed by atoms with E-state index < -0.39 is 59.3 Å². The number of benzene rings is 1. The third-order valence-corrected chi connectivity index (χ3v) is 3.76. The fraction of sp³-hybridized carbons (Fsp3) is 0.364. The zero-order valence-corrected chi connectivity index (χ0v) is 12.9. The minimum atomic E-state index is -5.24. The predicted molar refractivity (Wildman–Crippen MR) is 74.6 cm³/mol. The lowest BCUT2D eigenvalue weighted by molar-refractivity contribution is -0.530. The lowest BCUT2D eigenvalue weighted by Gasteiger charge is -2.19. The molecule has 21 heavy (non-hydrogen) atoms. The van der Waals surface area contributed by atoms with Crippen LogP contribution < -0.4 is 0 Å². The third-order valence-electron chi connectivity index (χ3n) is 2.21. The van der Waals surface area contributed by atoms with E-state index in [0.29, 0.717) is 6.21 Å². The Morgan fingerprint density at radius 1 is 1.19 bits per heavy atom. The van der Waals surface area contributed by atoms with Crippen LogP contribution in [0.2, 0.25) is 0 Å². The second-order valence-corrected chi connectivity index (χ2v) is 7.74. The van der Waals surface area contributed by atoms with Gasteiger partial charge in [-0.25, -0.2) is 4.74 Å². The molecule has 0 bridgehead atoms. The highest BCUT2D eigenvalue weighted by Gasteiger charge is 2.23. The molecule has 0 atom stereocenters. The second kappa shape index (κ2) is 5.37. The van der Waals surface area contributed by atoms with E-state index in [4.69, 9.17) is 8.67 Å². The van der Waals surface area contributed by atoms with Crippen LogP contribution in [0.5, 0.6) is 0 Å². The average Bonchev–Trinajstić information content (AvgIpc) is 2.30. The van der Waals surface area contributed by atoms with Crippen LogP contribution in [0.4, 0.5) is 0 Å². The third kappa shape index (κ3) is 4.49. The van der Waals surface area contributed by atoms with Crippen LogP contribution in [0.1, 0.15) is 30.4 Å². The van der Waals surface area contributed by atoms with Gasteiger partial charge < -0.3 is 5.21 Å². The zero-order chi connectivity index (χ0) is 19.2. The lowest BCUT2D eigenvalue weighted by Crippen LogP contribution is -2.29. The van der Waals surface area contributed by atoms with Crippen molar-refractivity contribution in [3.63, 3.8) is 0 Å². The van der Waals surface area contributed by atoms with Gasteiger partial charge in [0.15, 0.2) is 11.8 Å². The van der Waals surface area contributed by atoms with Crippen molar-refractivity contribution in [3.8, 4) is 0 Å². The van der Waals surface area contributed by atoms with E-state index in [1.54, 1.807) is 0 Å². The van der Waals surface area contributed by atoms with Crippen molar-refractivity contribution >= 4 is 26.5 Å². The Bertz CT molecular complexity index is 932. The molecular weight excluding hydrogens is 322 g/mol. The summed E-state index contributed by atoms with van der Waals surface area (Å²) in [5, 5.41) is 12.0. The highest BCUT2D eigenvalue weighted by Crippen LogP contribution is 2.20. The Morgan fingerprint density at radius 3 is 2.10 bits per heavy atom. The van der Waals surface area contributed by atoms with E-state index in [2.05, 4.69) is 0 Å². The number of rotatable bonds is 3.